The highest BCUT2D eigenvalue weighted by molar-refractivity contribution is 5.57. The van der Waals surface area contributed by atoms with Crippen molar-refractivity contribution in [1.82, 2.24) is 14.9 Å². The molecule has 1 atom stereocenters. The van der Waals surface area contributed by atoms with E-state index in [-0.39, 0.29) is 0 Å². The molecule has 1 unspecified atom stereocenters. The minimum absolute atomic E-state index is 0.345. The Morgan fingerprint density at radius 1 is 1.24 bits per heavy atom. The standard InChI is InChI=1S/C15H27N5O/c1-4-13-14(16-5-2)17-11-18-15(13)19-12(3)10-20-6-8-21-9-7-20/h11-12H,4-10H2,1-3H3,(H2,16,17,18,19). The Hall–Kier alpha value is -1.40. The minimum Gasteiger partial charge on any atom is -0.379 e. The van der Waals surface area contributed by atoms with Gasteiger partial charge in [0.15, 0.2) is 0 Å². The average Bonchev–Trinajstić information content (AvgIpc) is 2.49. The zero-order valence-electron chi connectivity index (χ0n) is 13.4. The van der Waals surface area contributed by atoms with Gasteiger partial charge in [0, 0.05) is 37.8 Å². The summed E-state index contributed by atoms with van der Waals surface area (Å²) < 4.78 is 5.39. The number of anilines is 2. The Balaban J connectivity index is 1.98. The lowest BCUT2D eigenvalue weighted by atomic mass is 10.2. The molecule has 2 heterocycles. The number of aromatic nitrogens is 2. The summed E-state index contributed by atoms with van der Waals surface area (Å²) in [6.45, 7) is 12.0. The fourth-order valence-electron chi connectivity index (χ4n) is 2.64. The number of nitrogens with zero attached hydrogens (tertiary/aromatic N) is 3. The molecule has 1 fully saturated rings. The molecule has 0 saturated carbocycles. The van der Waals surface area contributed by atoms with Crippen molar-refractivity contribution in [3.8, 4) is 0 Å². The molecule has 2 N–H and O–H groups in total. The molecule has 0 amide bonds. The first kappa shape index (κ1) is 16.0. The minimum atomic E-state index is 0.345. The fourth-order valence-corrected chi connectivity index (χ4v) is 2.64. The molecule has 0 aliphatic carbocycles. The molecule has 6 heteroatoms. The van der Waals surface area contributed by atoms with Crippen molar-refractivity contribution < 1.29 is 4.74 Å². The van der Waals surface area contributed by atoms with Crippen LogP contribution in [0.5, 0.6) is 0 Å². The summed E-state index contributed by atoms with van der Waals surface area (Å²) in [6, 6.07) is 0.345. The Labute approximate surface area is 127 Å². The summed E-state index contributed by atoms with van der Waals surface area (Å²) in [4.78, 5) is 11.2. The summed E-state index contributed by atoms with van der Waals surface area (Å²) in [6.07, 6.45) is 2.54. The van der Waals surface area contributed by atoms with E-state index < -0.39 is 0 Å². The Bertz CT molecular complexity index is 434. The van der Waals surface area contributed by atoms with Crippen LogP contribution in [0.4, 0.5) is 11.6 Å². The Morgan fingerprint density at radius 3 is 2.62 bits per heavy atom. The van der Waals surface area contributed by atoms with Crippen molar-refractivity contribution in [1.29, 1.82) is 0 Å². The van der Waals surface area contributed by atoms with Crippen LogP contribution < -0.4 is 10.6 Å². The van der Waals surface area contributed by atoms with Crippen LogP contribution in [-0.2, 0) is 11.2 Å². The molecule has 1 aliphatic heterocycles. The molecule has 21 heavy (non-hydrogen) atoms. The van der Waals surface area contributed by atoms with Crippen LogP contribution in [0.3, 0.4) is 0 Å². The van der Waals surface area contributed by atoms with E-state index in [2.05, 4.69) is 46.3 Å². The smallest absolute Gasteiger partial charge is 0.134 e. The van der Waals surface area contributed by atoms with Gasteiger partial charge in [0.25, 0.3) is 0 Å². The Kier molecular flexibility index (Phi) is 6.20. The number of morpholine rings is 1. The third-order valence-corrected chi connectivity index (χ3v) is 3.66. The molecule has 2 rings (SSSR count). The van der Waals surface area contributed by atoms with Crippen molar-refractivity contribution in [2.45, 2.75) is 33.2 Å². The highest BCUT2D eigenvalue weighted by Crippen LogP contribution is 2.21. The normalized spacial score (nSPS) is 17.5. The highest BCUT2D eigenvalue weighted by Gasteiger charge is 2.16. The number of rotatable bonds is 7. The van der Waals surface area contributed by atoms with Crippen LogP contribution in [0.15, 0.2) is 6.33 Å². The first-order valence-electron chi connectivity index (χ1n) is 7.89. The van der Waals surface area contributed by atoms with Crippen molar-refractivity contribution in [3.63, 3.8) is 0 Å². The van der Waals surface area contributed by atoms with Crippen LogP contribution >= 0.6 is 0 Å². The second-order valence-corrected chi connectivity index (χ2v) is 5.39. The van der Waals surface area contributed by atoms with Gasteiger partial charge in [0.1, 0.15) is 18.0 Å². The monoisotopic (exact) mass is 293 g/mol. The van der Waals surface area contributed by atoms with Crippen LogP contribution in [0.25, 0.3) is 0 Å². The first-order chi connectivity index (χ1) is 10.2. The molecule has 1 aromatic rings. The molecule has 0 bridgehead atoms. The maximum absolute atomic E-state index is 5.39. The average molecular weight is 293 g/mol. The lowest BCUT2D eigenvalue weighted by Crippen LogP contribution is -2.42. The molecular weight excluding hydrogens is 266 g/mol. The van der Waals surface area contributed by atoms with Gasteiger partial charge in [0.05, 0.1) is 13.2 Å². The molecule has 0 radical (unpaired) electrons. The van der Waals surface area contributed by atoms with E-state index in [1.807, 2.05) is 0 Å². The second kappa shape index (κ2) is 8.14. The predicted molar refractivity (Wildman–Crippen MR) is 85.9 cm³/mol. The van der Waals surface area contributed by atoms with Gasteiger partial charge in [-0.1, -0.05) is 6.92 Å². The highest BCUT2D eigenvalue weighted by atomic mass is 16.5. The third-order valence-electron chi connectivity index (χ3n) is 3.66. The first-order valence-corrected chi connectivity index (χ1v) is 7.89. The van der Waals surface area contributed by atoms with Gasteiger partial charge in [-0.05, 0) is 20.3 Å². The number of hydrogen-bond donors (Lipinski definition) is 2. The molecular formula is C15H27N5O. The summed E-state index contributed by atoms with van der Waals surface area (Å²) in [7, 11) is 0. The van der Waals surface area contributed by atoms with Gasteiger partial charge in [-0.15, -0.1) is 0 Å². The van der Waals surface area contributed by atoms with Crippen molar-refractivity contribution in [2.75, 3.05) is 50.0 Å². The van der Waals surface area contributed by atoms with E-state index in [1.165, 1.54) is 0 Å². The summed E-state index contributed by atoms with van der Waals surface area (Å²) >= 11 is 0. The van der Waals surface area contributed by atoms with Gasteiger partial charge in [-0.2, -0.15) is 0 Å². The molecule has 1 aromatic heterocycles. The topological polar surface area (TPSA) is 62.3 Å². The number of nitrogens with one attached hydrogen (secondary N) is 2. The van der Waals surface area contributed by atoms with Crippen molar-refractivity contribution >= 4 is 11.6 Å². The van der Waals surface area contributed by atoms with Gasteiger partial charge in [0.2, 0.25) is 0 Å². The maximum Gasteiger partial charge on any atom is 0.134 e. The van der Waals surface area contributed by atoms with Crippen LogP contribution in [-0.4, -0.2) is 60.3 Å². The van der Waals surface area contributed by atoms with E-state index in [9.17, 15) is 0 Å². The molecule has 118 valence electrons. The summed E-state index contributed by atoms with van der Waals surface area (Å²) in [5.74, 6) is 1.89. The fraction of sp³-hybridized carbons (Fsp3) is 0.733. The van der Waals surface area contributed by atoms with E-state index in [0.717, 1.165) is 63.0 Å². The maximum atomic E-state index is 5.39. The summed E-state index contributed by atoms with van der Waals surface area (Å²) in [5.41, 5.74) is 1.16. The van der Waals surface area contributed by atoms with Crippen LogP contribution in [0.2, 0.25) is 0 Å². The third kappa shape index (κ3) is 4.54. The van der Waals surface area contributed by atoms with Gasteiger partial charge >= 0.3 is 0 Å². The van der Waals surface area contributed by atoms with E-state index in [4.69, 9.17) is 4.74 Å². The quantitative estimate of drug-likeness (QED) is 0.796. The van der Waals surface area contributed by atoms with E-state index >= 15 is 0 Å². The number of hydrogen-bond acceptors (Lipinski definition) is 6. The van der Waals surface area contributed by atoms with E-state index in [1.54, 1.807) is 6.33 Å². The largest absolute Gasteiger partial charge is 0.379 e. The second-order valence-electron chi connectivity index (χ2n) is 5.39. The lowest BCUT2D eigenvalue weighted by molar-refractivity contribution is 0.0368. The van der Waals surface area contributed by atoms with Crippen LogP contribution in [0.1, 0.15) is 26.3 Å². The molecule has 1 aliphatic rings. The van der Waals surface area contributed by atoms with Gasteiger partial charge in [-0.3, -0.25) is 4.90 Å². The van der Waals surface area contributed by atoms with Crippen molar-refractivity contribution in [3.05, 3.63) is 11.9 Å². The molecule has 1 saturated heterocycles. The van der Waals surface area contributed by atoms with Crippen LogP contribution in [0, 0.1) is 0 Å². The lowest BCUT2D eigenvalue weighted by Gasteiger charge is -2.29. The van der Waals surface area contributed by atoms with Gasteiger partial charge in [-0.25, -0.2) is 9.97 Å². The van der Waals surface area contributed by atoms with Gasteiger partial charge < -0.3 is 15.4 Å². The molecule has 0 spiro atoms. The van der Waals surface area contributed by atoms with E-state index in [0.29, 0.717) is 6.04 Å². The molecule has 0 aromatic carbocycles. The summed E-state index contributed by atoms with van der Waals surface area (Å²) in [5, 5.41) is 6.84. The van der Waals surface area contributed by atoms with Crippen molar-refractivity contribution in [2.24, 2.45) is 0 Å². The number of ether oxygens (including phenoxy) is 1. The predicted octanol–water partition coefficient (Wildman–Crippen LogP) is 1.60. The SMILES string of the molecule is CCNc1ncnc(NC(C)CN2CCOCC2)c1CC. The Morgan fingerprint density at radius 2 is 1.95 bits per heavy atom. The zero-order valence-corrected chi connectivity index (χ0v) is 13.4. The zero-order chi connectivity index (χ0) is 15.1. The molecule has 6 nitrogen and oxygen atoms in total.